The molecule has 0 spiro atoms. The lowest BCUT2D eigenvalue weighted by molar-refractivity contribution is 0.101. The number of nitrogens with one attached hydrogen (secondary N) is 6. The Morgan fingerprint density at radius 3 is 1.38 bits per heavy atom. The van der Waals surface area contributed by atoms with E-state index >= 15 is 0 Å². The van der Waals surface area contributed by atoms with E-state index in [-0.39, 0.29) is 11.8 Å². The van der Waals surface area contributed by atoms with Crippen LogP contribution in [0.5, 0.6) is 0 Å². The number of H-pyrrole nitrogens is 2. The number of para-hydroxylation sites is 4. The van der Waals surface area contributed by atoms with Crippen LogP contribution in [0.1, 0.15) is 21.0 Å². The third kappa shape index (κ3) is 5.27. The van der Waals surface area contributed by atoms with Gasteiger partial charge in [-0.15, -0.1) is 0 Å². The number of amides is 2. The first-order valence-electron chi connectivity index (χ1n) is 12.6. The Kier molecular flexibility index (Phi) is 6.70. The van der Waals surface area contributed by atoms with Crippen LogP contribution >= 0.6 is 12.2 Å². The molecule has 8 nitrogen and oxygen atoms in total. The maximum absolute atomic E-state index is 12.8. The number of hydrogen-bond donors (Lipinski definition) is 6. The van der Waals surface area contributed by atoms with Gasteiger partial charge in [0.2, 0.25) is 0 Å². The molecular weight excluding hydrogens is 520 g/mol. The third-order valence-corrected chi connectivity index (χ3v) is 6.57. The predicted molar refractivity (Wildman–Crippen MR) is 165 cm³/mol. The molecular formula is C31H24N6O2S. The number of benzene rings is 4. The highest BCUT2D eigenvalue weighted by Crippen LogP contribution is 2.27. The topological polar surface area (TPSA) is 114 Å². The highest BCUT2D eigenvalue weighted by atomic mass is 32.1. The van der Waals surface area contributed by atoms with E-state index in [9.17, 15) is 9.59 Å². The van der Waals surface area contributed by atoms with E-state index in [1.807, 2.05) is 97.1 Å². The minimum absolute atomic E-state index is 0.237. The SMILES string of the molecule is O=C(Nc1ccccc1)c1cc2cccc(NC(=S)Nc3cccc4cc(C(=O)Nc5ccccc5)[nH]c34)c2[nH]1. The first kappa shape index (κ1) is 24.9. The smallest absolute Gasteiger partial charge is 0.272 e. The number of rotatable bonds is 6. The number of aromatic amines is 2. The zero-order chi connectivity index (χ0) is 27.5. The van der Waals surface area contributed by atoms with Crippen molar-refractivity contribution in [1.29, 1.82) is 0 Å². The van der Waals surface area contributed by atoms with Gasteiger partial charge in [0, 0.05) is 22.1 Å². The second-order valence-corrected chi connectivity index (χ2v) is 9.53. The molecule has 0 atom stereocenters. The molecule has 9 heteroatoms. The highest BCUT2D eigenvalue weighted by Gasteiger charge is 2.15. The monoisotopic (exact) mass is 544 g/mol. The van der Waals surface area contributed by atoms with Crippen LogP contribution in [0.2, 0.25) is 0 Å². The van der Waals surface area contributed by atoms with Gasteiger partial charge in [-0.2, -0.15) is 0 Å². The fourth-order valence-corrected chi connectivity index (χ4v) is 4.70. The van der Waals surface area contributed by atoms with E-state index < -0.39 is 0 Å². The van der Waals surface area contributed by atoms with Crippen molar-refractivity contribution in [2.45, 2.75) is 0 Å². The summed E-state index contributed by atoms with van der Waals surface area (Å²) >= 11 is 5.63. The van der Waals surface area contributed by atoms with Crippen molar-refractivity contribution in [3.05, 3.63) is 121 Å². The van der Waals surface area contributed by atoms with Crippen LogP contribution in [0.3, 0.4) is 0 Å². The van der Waals surface area contributed by atoms with Crippen molar-refractivity contribution in [1.82, 2.24) is 9.97 Å². The van der Waals surface area contributed by atoms with Crippen LogP contribution in [0, 0.1) is 0 Å². The van der Waals surface area contributed by atoms with Crippen LogP contribution in [-0.2, 0) is 0 Å². The van der Waals surface area contributed by atoms with E-state index in [1.54, 1.807) is 12.1 Å². The molecule has 0 bridgehead atoms. The molecule has 0 saturated heterocycles. The lowest BCUT2D eigenvalue weighted by atomic mass is 10.2. The minimum atomic E-state index is -0.237. The van der Waals surface area contributed by atoms with E-state index in [2.05, 4.69) is 31.2 Å². The molecule has 0 radical (unpaired) electrons. The van der Waals surface area contributed by atoms with E-state index in [0.29, 0.717) is 27.9 Å². The van der Waals surface area contributed by atoms with Gasteiger partial charge >= 0.3 is 0 Å². The number of anilines is 4. The molecule has 6 N–H and O–H groups in total. The van der Waals surface area contributed by atoms with Gasteiger partial charge in [0.05, 0.1) is 22.4 Å². The van der Waals surface area contributed by atoms with Crippen molar-refractivity contribution in [3.8, 4) is 0 Å². The zero-order valence-corrected chi connectivity index (χ0v) is 21.9. The Morgan fingerprint density at radius 2 is 0.950 bits per heavy atom. The summed E-state index contributed by atoms with van der Waals surface area (Å²) in [6.45, 7) is 0. The summed E-state index contributed by atoms with van der Waals surface area (Å²) in [5, 5.41) is 14.3. The standard InChI is InChI=1S/C31H24N6O2S/c38-29(32-21-11-3-1-4-12-21)25-17-19-9-7-15-23(27(19)34-25)36-31(40)37-24-16-8-10-20-18-26(35-28(20)24)30(39)33-22-13-5-2-6-14-22/h1-18,34-35H,(H,32,38)(H,33,39)(H2,36,37,40). The van der Waals surface area contributed by atoms with Gasteiger partial charge in [0.25, 0.3) is 11.8 Å². The lowest BCUT2D eigenvalue weighted by Crippen LogP contribution is -2.19. The molecule has 2 aromatic heterocycles. The fraction of sp³-hybridized carbons (Fsp3) is 0. The normalized spacial score (nSPS) is 10.8. The van der Waals surface area contributed by atoms with Crippen molar-refractivity contribution >= 4 is 73.7 Å². The van der Waals surface area contributed by atoms with Gasteiger partial charge in [0.1, 0.15) is 11.4 Å². The summed E-state index contributed by atoms with van der Waals surface area (Å²) in [7, 11) is 0. The molecule has 196 valence electrons. The molecule has 6 aromatic rings. The van der Waals surface area contributed by atoms with Crippen molar-refractivity contribution < 1.29 is 9.59 Å². The molecule has 0 aliphatic carbocycles. The maximum atomic E-state index is 12.8. The first-order chi connectivity index (χ1) is 19.5. The minimum Gasteiger partial charge on any atom is -0.349 e. The molecule has 2 heterocycles. The number of carbonyl (C=O) groups excluding carboxylic acids is 2. The number of fused-ring (bicyclic) bond motifs is 2. The maximum Gasteiger partial charge on any atom is 0.272 e. The number of aromatic nitrogens is 2. The molecule has 40 heavy (non-hydrogen) atoms. The zero-order valence-electron chi connectivity index (χ0n) is 21.1. The Morgan fingerprint density at radius 1 is 0.525 bits per heavy atom. The molecule has 0 saturated carbocycles. The summed E-state index contributed by atoms with van der Waals surface area (Å²) in [4.78, 5) is 32.0. The average Bonchev–Trinajstić information content (AvgIpc) is 3.61. The van der Waals surface area contributed by atoms with E-state index in [4.69, 9.17) is 12.2 Å². The first-order valence-corrected chi connectivity index (χ1v) is 13.0. The van der Waals surface area contributed by atoms with Crippen molar-refractivity contribution in [2.75, 3.05) is 21.3 Å². The van der Waals surface area contributed by atoms with E-state index in [1.165, 1.54) is 0 Å². The third-order valence-electron chi connectivity index (χ3n) is 6.36. The Balaban J connectivity index is 1.19. The number of thiocarbonyl (C=S) groups is 1. The molecule has 0 aliphatic rings. The van der Waals surface area contributed by atoms with Gasteiger partial charge in [-0.1, -0.05) is 60.7 Å². The number of carbonyl (C=O) groups is 2. The Hall–Kier alpha value is -5.41. The Bertz CT molecular complexity index is 1730. The highest BCUT2D eigenvalue weighted by molar-refractivity contribution is 7.80. The predicted octanol–water partition coefficient (Wildman–Crippen LogP) is 6.96. The molecule has 2 amide bonds. The second-order valence-electron chi connectivity index (χ2n) is 9.13. The van der Waals surface area contributed by atoms with E-state index in [0.717, 1.165) is 33.2 Å². The van der Waals surface area contributed by atoms with Crippen LogP contribution in [-0.4, -0.2) is 26.9 Å². The Labute approximate surface area is 234 Å². The molecule has 0 fully saturated rings. The summed E-state index contributed by atoms with van der Waals surface area (Å²) < 4.78 is 0. The summed E-state index contributed by atoms with van der Waals surface area (Å²) in [5.74, 6) is -0.473. The average molecular weight is 545 g/mol. The van der Waals surface area contributed by atoms with Gasteiger partial charge in [-0.05, 0) is 60.7 Å². The molecule has 0 aliphatic heterocycles. The quantitative estimate of drug-likeness (QED) is 0.127. The van der Waals surface area contributed by atoms with Gasteiger partial charge in [0.15, 0.2) is 5.11 Å². The van der Waals surface area contributed by atoms with Crippen LogP contribution in [0.4, 0.5) is 22.7 Å². The van der Waals surface area contributed by atoms with Gasteiger partial charge in [-0.3, -0.25) is 9.59 Å². The second kappa shape index (κ2) is 10.8. The van der Waals surface area contributed by atoms with Crippen molar-refractivity contribution in [2.24, 2.45) is 0 Å². The number of hydrogen-bond acceptors (Lipinski definition) is 3. The molecule has 6 rings (SSSR count). The molecule has 4 aromatic carbocycles. The van der Waals surface area contributed by atoms with Crippen LogP contribution in [0.25, 0.3) is 21.8 Å². The van der Waals surface area contributed by atoms with Crippen LogP contribution < -0.4 is 21.3 Å². The van der Waals surface area contributed by atoms with Gasteiger partial charge < -0.3 is 31.2 Å². The lowest BCUT2D eigenvalue weighted by Gasteiger charge is -2.12. The summed E-state index contributed by atoms with van der Waals surface area (Å²) in [6, 6.07) is 33.6. The largest absolute Gasteiger partial charge is 0.349 e. The van der Waals surface area contributed by atoms with Gasteiger partial charge in [-0.25, -0.2) is 0 Å². The summed E-state index contributed by atoms with van der Waals surface area (Å²) in [5.41, 5.74) is 5.24. The van der Waals surface area contributed by atoms with Crippen LogP contribution in [0.15, 0.2) is 109 Å². The summed E-state index contributed by atoms with van der Waals surface area (Å²) in [6.07, 6.45) is 0. The van der Waals surface area contributed by atoms with Crippen molar-refractivity contribution in [3.63, 3.8) is 0 Å². The fourth-order valence-electron chi connectivity index (χ4n) is 4.48. The molecule has 0 unspecified atom stereocenters.